The van der Waals surface area contributed by atoms with Gasteiger partial charge in [-0.25, -0.2) is 13.4 Å². The number of hydrogen-bond acceptors (Lipinski definition) is 4. The van der Waals surface area contributed by atoms with Gasteiger partial charge in [-0.15, -0.1) is 0 Å². The van der Waals surface area contributed by atoms with Gasteiger partial charge >= 0.3 is 0 Å². The molecule has 0 radical (unpaired) electrons. The molecule has 3 rings (SSSR count). The van der Waals surface area contributed by atoms with Crippen LogP contribution in [0.1, 0.15) is 5.69 Å². The van der Waals surface area contributed by atoms with Crippen LogP contribution in [0.25, 0.3) is 10.9 Å². The molecule has 0 aliphatic rings. The van der Waals surface area contributed by atoms with E-state index in [2.05, 4.69) is 25.6 Å². The molecule has 1 heterocycles. The number of halogens is 1. The quantitative estimate of drug-likeness (QED) is 0.681. The molecule has 3 aromatic rings. The second-order valence-corrected chi connectivity index (χ2v) is 8.46. The zero-order chi connectivity index (χ0) is 18.0. The van der Waals surface area contributed by atoms with Crippen molar-refractivity contribution >= 4 is 42.5 Å². The van der Waals surface area contributed by atoms with E-state index in [9.17, 15) is 8.42 Å². The van der Waals surface area contributed by atoms with Crippen LogP contribution in [0, 0.1) is 0 Å². The van der Waals surface area contributed by atoms with E-state index in [1.807, 2.05) is 43.3 Å². The number of nitrogens with zero attached hydrogens (tertiary/aromatic N) is 2. The lowest BCUT2D eigenvalue weighted by atomic mass is 10.2. The number of pyridine rings is 1. The molecule has 25 heavy (non-hydrogen) atoms. The molecule has 0 bridgehead atoms. The summed E-state index contributed by atoms with van der Waals surface area (Å²) in [6.07, 6.45) is 0. The number of rotatable bonds is 5. The van der Waals surface area contributed by atoms with Gasteiger partial charge in [-0.3, -0.25) is 4.72 Å². The van der Waals surface area contributed by atoms with Gasteiger partial charge in [0, 0.05) is 16.4 Å². The van der Waals surface area contributed by atoms with E-state index in [-0.39, 0.29) is 4.90 Å². The summed E-state index contributed by atoms with van der Waals surface area (Å²) in [5.41, 5.74) is 1.98. The van der Waals surface area contributed by atoms with Crippen molar-refractivity contribution in [3.63, 3.8) is 0 Å². The third kappa shape index (κ3) is 4.00. The van der Waals surface area contributed by atoms with Crippen LogP contribution in [0.15, 0.2) is 64.0 Å². The molecule has 0 fully saturated rings. The van der Waals surface area contributed by atoms with Gasteiger partial charge in [0.2, 0.25) is 0 Å². The molecule has 130 valence electrons. The number of fused-ring (bicyclic) bond motifs is 1. The molecule has 0 amide bonds. The van der Waals surface area contributed by atoms with Gasteiger partial charge in [-0.05, 0) is 54.3 Å². The number of anilines is 1. The second kappa shape index (κ2) is 7.11. The lowest BCUT2D eigenvalue weighted by molar-refractivity contribution is 0.397. The van der Waals surface area contributed by atoms with Gasteiger partial charge in [0.25, 0.3) is 10.0 Å². The fourth-order valence-electron chi connectivity index (χ4n) is 2.54. The first-order chi connectivity index (χ1) is 11.9. The van der Waals surface area contributed by atoms with Crippen molar-refractivity contribution in [2.75, 3.05) is 18.8 Å². The van der Waals surface area contributed by atoms with Crippen molar-refractivity contribution in [1.29, 1.82) is 0 Å². The summed E-state index contributed by atoms with van der Waals surface area (Å²) in [5.74, 6) is 0. The highest BCUT2D eigenvalue weighted by molar-refractivity contribution is 9.10. The van der Waals surface area contributed by atoms with Crippen LogP contribution < -0.4 is 4.72 Å². The Bertz CT molecular complexity index is 1020. The minimum absolute atomic E-state index is 0.191. The average molecular weight is 420 g/mol. The topological polar surface area (TPSA) is 62.3 Å². The summed E-state index contributed by atoms with van der Waals surface area (Å²) in [7, 11) is 0.213. The van der Waals surface area contributed by atoms with Gasteiger partial charge < -0.3 is 4.90 Å². The fourth-order valence-corrected chi connectivity index (χ4v) is 4.62. The van der Waals surface area contributed by atoms with Crippen LogP contribution in [0.5, 0.6) is 0 Å². The Morgan fingerprint density at radius 2 is 1.80 bits per heavy atom. The summed E-state index contributed by atoms with van der Waals surface area (Å²) in [5, 5.41) is 0.884. The highest BCUT2D eigenvalue weighted by Gasteiger charge is 2.18. The first kappa shape index (κ1) is 17.8. The molecule has 0 spiro atoms. The van der Waals surface area contributed by atoms with Gasteiger partial charge in [-0.2, -0.15) is 0 Å². The van der Waals surface area contributed by atoms with Crippen LogP contribution in [-0.2, 0) is 16.6 Å². The van der Waals surface area contributed by atoms with Crippen LogP contribution in [0.2, 0.25) is 0 Å². The Morgan fingerprint density at radius 3 is 2.52 bits per heavy atom. The second-order valence-electron chi connectivity index (χ2n) is 5.95. The first-order valence-electron chi connectivity index (χ1n) is 7.67. The molecule has 0 aliphatic carbocycles. The zero-order valence-corrected chi connectivity index (χ0v) is 16.3. The van der Waals surface area contributed by atoms with Crippen molar-refractivity contribution in [2.45, 2.75) is 11.4 Å². The molecule has 0 atom stereocenters. The maximum Gasteiger partial charge on any atom is 0.263 e. The summed E-state index contributed by atoms with van der Waals surface area (Å²) < 4.78 is 28.7. The smallest absolute Gasteiger partial charge is 0.263 e. The monoisotopic (exact) mass is 419 g/mol. The van der Waals surface area contributed by atoms with Crippen molar-refractivity contribution in [3.05, 3.63) is 64.8 Å². The van der Waals surface area contributed by atoms with E-state index < -0.39 is 10.0 Å². The van der Waals surface area contributed by atoms with Gasteiger partial charge in [0.1, 0.15) is 4.90 Å². The molecule has 0 saturated carbocycles. The Kier molecular flexibility index (Phi) is 5.08. The molecule has 5 nitrogen and oxygen atoms in total. The molecule has 1 aromatic heterocycles. The van der Waals surface area contributed by atoms with Crippen molar-refractivity contribution < 1.29 is 8.42 Å². The first-order valence-corrected chi connectivity index (χ1v) is 9.95. The minimum atomic E-state index is -3.72. The number of nitrogens with one attached hydrogen (secondary N) is 1. The minimum Gasteiger partial charge on any atom is -0.304 e. The predicted octanol–water partition coefficient (Wildman–Crippen LogP) is 3.86. The number of hydrogen-bond donors (Lipinski definition) is 1. The molecule has 1 N–H and O–H groups in total. The van der Waals surface area contributed by atoms with E-state index in [4.69, 9.17) is 0 Å². The molecule has 7 heteroatoms. The van der Waals surface area contributed by atoms with Crippen molar-refractivity contribution in [2.24, 2.45) is 0 Å². The van der Waals surface area contributed by atoms with Crippen LogP contribution in [0.3, 0.4) is 0 Å². The summed E-state index contributed by atoms with van der Waals surface area (Å²) >= 11 is 3.29. The van der Waals surface area contributed by atoms with Crippen molar-refractivity contribution in [3.8, 4) is 0 Å². The number of para-hydroxylation sites is 1. The lowest BCUT2D eigenvalue weighted by Gasteiger charge is -2.13. The Balaban J connectivity index is 2.05. The Morgan fingerprint density at radius 1 is 1.04 bits per heavy atom. The van der Waals surface area contributed by atoms with Gasteiger partial charge in [0.05, 0.1) is 16.9 Å². The predicted molar refractivity (Wildman–Crippen MR) is 104 cm³/mol. The van der Waals surface area contributed by atoms with Crippen molar-refractivity contribution in [1.82, 2.24) is 9.88 Å². The van der Waals surface area contributed by atoms with Crippen LogP contribution in [-0.4, -0.2) is 32.4 Å². The zero-order valence-electron chi connectivity index (χ0n) is 13.9. The largest absolute Gasteiger partial charge is 0.304 e. The molecular weight excluding hydrogens is 402 g/mol. The standard InChI is InChI=1S/C18H18BrN3O2S/c1-22(2)12-14-11-10-13-6-5-8-16(18(13)20-14)21-25(23,24)17-9-4-3-7-15(17)19/h3-11,21H,12H2,1-2H3. The SMILES string of the molecule is CN(C)Cc1ccc2cccc(NS(=O)(=O)c3ccccc3Br)c2n1. The summed E-state index contributed by atoms with van der Waals surface area (Å²) in [6.45, 7) is 0.682. The maximum absolute atomic E-state index is 12.8. The molecule has 0 saturated heterocycles. The van der Waals surface area contributed by atoms with Crippen LogP contribution >= 0.6 is 15.9 Å². The normalized spacial score (nSPS) is 11.8. The van der Waals surface area contributed by atoms with E-state index in [0.717, 1.165) is 11.1 Å². The van der Waals surface area contributed by atoms with Gasteiger partial charge in [0.15, 0.2) is 0 Å². The van der Waals surface area contributed by atoms with E-state index in [0.29, 0.717) is 22.2 Å². The number of aromatic nitrogens is 1. The highest BCUT2D eigenvalue weighted by atomic mass is 79.9. The maximum atomic E-state index is 12.8. The molecule has 0 unspecified atom stereocenters. The number of sulfonamides is 1. The summed E-state index contributed by atoms with van der Waals surface area (Å²) in [6, 6.07) is 16.1. The van der Waals surface area contributed by atoms with Gasteiger partial charge in [-0.1, -0.05) is 30.3 Å². The molecular formula is C18H18BrN3O2S. The van der Waals surface area contributed by atoms with E-state index in [1.165, 1.54) is 0 Å². The average Bonchev–Trinajstić information content (AvgIpc) is 2.55. The Hall–Kier alpha value is -1.96. The van der Waals surface area contributed by atoms with E-state index >= 15 is 0 Å². The third-order valence-electron chi connectivity index (χ3n) is 3.63. The third-order valence-corrected chi connectivity index (χ3v) is 6.00. The Labute approximate surface area is 155 Å². The molecule has 2 aromatic carbocycles. The van der Waals surface area contributed by atoms with E-state index in [1.54, 1.807) is 30.3 Å². The fraction of sp³-hybridized carbons (Fsp3) is 0.167. The summed E-state index contributed by atoms with van der Waals surface area (Å²) in [4.78, 5) is 6.84. The lowest BCUT2D eigenvalue weighted by Crippen LogP contribution is -2.15. The molecule has 0 aliphatic heterocycles. The highest BCUT2D eigenvalue weighted by Crippen LogP contribution is 2.27. The van der Waals surface area contributed by atoms with Crippen LogP contribution in [0.4, 0.5) is 5.69 Å². The number of benzene rings is 2.